The second kappa shape index (κ2) is 5.76. The molecule has 0 saturated carbocycles. The molecule has 1 amide bonds. The Morgan fingerprint density at radius 3 is 2.92 bits per heavy atom. The van der Waals surface area contributed by atoms with Crippen LogP contribution in [0.4, 0.5) is 0 Å². The molecule has 1 rings (SSSR count). The highest BCUT2D eigenvalue weighted by Crippen LogP contribution is 2.26. The lowest BCUT2D eigenvalue weighted by Crippen LogP contribution is -2.37. The van der Waals surface area contributed by atoms with E-state index in [1.54, 1.807) is 16.7 Å². The molecule has 0 aromatic carbocycles. The quantitative estimate of drug-likeness (QED) is 0.680. The first-order chi connectivity index (χ1) is 6.25. The fourth-order valence-electron chi connectivity index (χ4n) is 1.42. The van der Waals surface area contributed by atoms with Crippen LogP contribution in [-0.4, -0.2) is 41.3 Å². The highest BCUT2D eigenvalue weighted by atomic mass is 35.5. The van der Waals surface area contributed by atoms with Gasteiger partial charge < -0.3 is 4.90 Å². The summed E-state index contributed by atoms with van der Waals surface area (Å²) in [7, 11) is 1.83. The smallest absolute Gasteiger partial charge is 0.235 e. The number of thioether (sulfide) groups is 1. The van der Waals surface area contributed by atoms with Crippen molar-refractivity contribution in [3.63, 3.8) is 0 Å². The van der Waals surface area contributed by atoms with Crippen molar-refractivity contribution in [1.82, 2.24) is 4.90 Å². The van der Waals surface area contributed by atoms with E-state index in [1.165, 1.54) is 12.8 Å². The number of amides is 1. The minimum absolute atomic E-state index is 0.196. The predicted molar refractivity (Wildman–Crippen MR) is 58.5 cm³/mol. The topological polar surface area (TPSA) is 20.3 Å². The molecule has 1 unspecified atom stereocenters. The SMILES string of the molecule is CN(CCCl)C(=O)C1CCCCS1. The maximum atomic E-state index is 11.7. The fraction of sp³-hybridized carbons (Fsp3) is 0.889. The van der Waals surface area contributed by atoms with Gasteiger partial charge in [-0.05, 0) is 18.6 Å². The molecule has 0 aromatic rings. The molecule has 1 atom stereocenters. The van der Waals surface area contributed by atoms with E-state index < -0.39 is 0 Å². The van der Waals surface area contributed by atoms with Gasteiger partial charge in [0.15, 0.2) is 0 Å². The van der Waals surface area contributed by atoms with Gasteiger partial charge in [0.2, 0.25) is 5.91 Å². The van der Waals surface area contributed by atoms with Crippen molar-refractivity contribution in [1.29, 1.82) is 0 Å². The number of hydrogen-bond donors (Lipinski definition) is 0. The van der Waals surface area contributed by atoms with Gasteiger partial charge in [-0.2, -0.15) is 0 Å². The Kier molecular flexibility index (Phi) is 4.96. The van der Waals surface area contributed by atoms with Gasteiger partial charge in [-0.1, -0.05) is 6.42 Å². The summed E-state index contributed by atoms with van der Waals surface area (Å²) in [5.41, 5.74) is 0. The molecule has 1 aliphatic rings. The second-order valence-electron chi connectivity index (χ2n) is 3.30. The summed E-state index contributed by atoms with van der Waals surface area (Å²) < 4.78 is 0. The van der Waals surface area contributed by atoms with Gasteiger partial charge in [0, 0.05) is 19.5 Å². The Morgan fingerprint density at radius 2 is 2.38 bits per heavy atom. The predicted octanol–water partition coefficient (Wildman–Crippen LogP) is 1.97. The molecule has 76 valence electrons. The summed E-state index contributed by atoms with van der Waals surface area (Å²) in [6.07, 6.45) is 3.49. The number of hydrogen-bond acceptors (Lipinski definition) is 2. The third-order valence-corrected chi connectivity index (χ3v) is 3.78. The van der Waals surface area contributed by atoms with Crippen LogP contribution in [0.3, 0.4) is 0 Å². The third-order valence-electron chi connectivity index (χ3n) is 2.25. The van der Waals surface area contributed by atoms with Crippen LogP contribution >= 0.6 is 23.4 Å². The summed E-state index contributed by atoms with van der Waals surface area (Å²) in [6.45, 7) is 0.664. The largest absolute Gasteiger partial charge is 0.344 e. The van der Waals surface area contributed by atoms with Crippen LogP contribution in [-0.2, 0) is 4.79 Å². The Bertz CT molecular complexity index is 171. The zero-order valence-electron chi connectivity index (χ0n) is 7.96. The number of carbonyl (C=O) groups excluding carboxylic acids is 1. The van der Waals surface area contributed by atoms with Crippen LogP contribution in [0, 0.1) is 0 Å². The molecular formula is C9H16ClNOS. The number of halogens is 1. The van der Waals surface area contributed by atoms with Crippen LogP contribution in [0.5, 0.6) is 0 Å². The average Bonchev–Trinajstić information content (AvgIpc) is 2.18. The van der Waals surface area contributed by atoms with Crippen LogP contribution in [0.15, 0.2) is 0 Å². The third kappa shape index (κ3) is 3.39. The van der Waals surface area contributed by atoms with Gasteiger partial charge in [0.1, 0.15) is 0 Å². The second-order valence-corrected chi connectivity index (χ2v) is 4.99. The molecule has 0 bridgehead atoms. The van der Waals surface area contributed by atoms with Crippen molar-refractivity contribution in [2.45, 2.75) is 24.5 Å². The monoisotopic (exact) mass is 221 g/mol. The maximum absolute atomic E-state index is 11.7. The van der Waals surface area contributed by atoms with E-state index in [0.29, 0.717) is 12.4 Å². The van der Waals surface area contributed by atoms with Crippen molar-refractivity contribution in [2.75, 3.05) is 25.2 Å². The maximum Gasteiger partial charge on any atom is 0.235 e. The number of rotatable bonds is 3. The first-order valence-electron chi connectivity index (χ1n) is 4.68. The molecule has 1 heterocycles. The highest BCUT2D eigenvalue weighted by molar-refractivity contribution is 8.00. The van der Waals surface area contributed by atoms with E-state index in [4.69, 9.17) is 11.6 Å². The number of nitrogens with zero attached hydrogens (tertiary/aromatic N) is 1. The lowest BCUT2D eigenvalue weighted by molar-refractivity contribution is -0.129. The van der Waals surface area contributed by atoms with Crippen LogP contribution in [0.1, 0.15) is 19.3 Å². The van der Waals surface area contributed by atoms with Crippen LogP contribution < -0.4 is 0 Å². The van der Waals surface area contributed by atoms with Crippen molar-refractivity contribution < 1.29 is 4.79 Å². The Balaban J connectivity index is 2.36. The Hall–Kier alpha value is 0.110. The molecule has 0 aromatic heterocycles. The molecule has 0 aliphatic carbocycles. The first kappa shape index (κ1) is 11.2. The molecule has 2 nitrogen and oxygen atoms in total. The minimum atomic E-state index is 0.196. The normalized spacial score (nSPS) is 22.8. The van der Waals surface area contributed by atoms with E-state index in [-0.39, 0.29) is 11.2 Å². The van der Waals surface area contributed by atoms with E-state index in [1.807, 2.05) is 7.05 Å². The van der Waals surface area contributed by atoms with E-state index in [0.717, 1.165) is 12.2 Å². The van der Waals surface area contributed by atoms with Crippen molar-refractivity contribution >= 4 is 29.3 Å². The first-order valence-corrected chi connectivity index (χ1v) is 6.26. The molecule has 0 radical (unpaired) electrons. The number of alkyl halides is 1. The Morgan fingerprint density at radius 1 is 1.62 bits per heavy atom. The molecule has 0 spiro atoms. The summed E-state index contributed by atoms with van der Waals surface area (Å²) >= 11 is 7.37. The summed E-state index contributed by atoms with van der Waals surface area (Å²) in [6, 6.07) is 0. The van der Waals surface area contributed by atoms with Crippen LogP contribution in [0.25, 0.3) is 0 Å². The molecule has 1 saturated heterocycles. The van der Waals surface area contributed by atoms with Gasteiger partial charge in [-0.15, -0.1) is 23.4 Å². The van der Waals surface area contributed by atoms with Gasteiger partial charge in [0.25, 0.3) is 0 Å². The molecular weight excluding hydrogens is 206 g/mol. The lowest BCUT2D eigenvalue weighted by atomic mass is 10.2. The van der Waals surface area contributed by atoms with Crippen molar-refractivity contribution in [3.8, 4) is 0 Å². The molecule has 4 heteroatoms. The van der Waals surface area contributed by atoms with Crippen molar-refractivity contribution in [2.24, 2.45) is 0 Å². The fourth-order valence-corrected chi connectivity index (χ4v) is 2.98. The van der Waals surface area contributed by atoms with Gasteiger partial charge in [-0.3, -0.25) is 4.79 Å². The van der Waals surface area contributed by atoms with E-state index in [9.17, 15) is 4.79 Å². The highest BCUT2D eigenvalue weighted by Gasteiger charge is 2.23. The Labute approximate surface area is 89.0 Å². The molecule has 13 heavy (non-hydrogen) atoms. The molecule has 1 fully saturated rings. The van der Waals surface area contributed by atoms with E-state index >= 15 is 0 Å². The average molecular weight is 222 g/mol. The van der Waals surface area contributed by atoms with Gasteiger partial charge >= 0.3 is 0 Å². The summed E-state index contributed by atoms with van der Waals surface area (Å²) in [5, 5.41) is 0.196. The molecule has 1 aliphatic heterocycles. The zero-order chi connectivity index (χ0) is 9.68. The van der Waals surface area contributed by atoms with Crippen LogP contribution in [0.2, 0.25) is 0 Å². The lowest BCUT2D eigenvalue weighted by Gasteiger charge is -2.25. The minimum Gasteiger partial charge on any atom is -0.344 e. The van der Waals surface area contributed by atoms with E-state index in [2.05, 4.69) is 0 Å². The zero-order valence-corrected chi connectivity index (χ0v) is 9.53. The number of carbonyl (C=O) groups is 1. The molecule has 0 N–H and O–H groups in total. The summed E-state index contributed by atoms with van der Waals surface area (Å²) in [4.78, 5) is 13.5. The standard InChI is InChI=1S/C9H16ClNOS/c1-11(6-5-10)9(12)8-4-2-3-7-13-8/h8H,2-7H2,1H3. The van der Waals surface area contributed by atoms with Gasteiger partial charge in [-0.25, -0.2) is 0 Å². The van der Waals surface area contributed by atoms with Gasteiger partial charge in [0.05, 0.1) is 5.25 Å². The summed E-state index contributed by atoms with van der Waals surface area (Å²) in [5.74, 6) is 1.91. The van der Waals surface area contributed by atoms with Crippen molar-refractivity contribution in [3.05, 3.63) is 0 Å².